The maximum absolute atomic E-state index is 12.6. The van der Waals surface area contributed by atoms with Crippen LogP contribution in [-0.2, 0) is 21.5 Å². The lowest BCUT2D eigenvalue weighted by Gasteiger charge is -2.33. The van der Waals surface area contributed by atoms with E-state index in [-0.39, 0.29) is 11.8 Å². The highest BCUT2D eigenvalue weighted by Gasteiger charge is 2.29. The molecular weight excluding hydrogens is 492 g/mol. The van der Waals surface area contributed by atoms with E-state index in [2.05, 4.69) is 34.9 Å². The van der Waals surface area contributed by atoms with Crippen molar-refractivity contribution in [2.24, 2.45) is 0 Å². The van der Waals surface area contributed by atoms with Crippen LogP contribution in [0.5, 0.6) is 0 Å². The maximum atomic E-state index is 12.6. The Balaban J connectivity index is 1.51. The van der Waals surface area contributed by atoms with Gasteiger partial charge in [-0.1, -0.05) is 26.6 Å². The largest absolute Gasteiger partial charge is 0.365 e. The molecule has 0 spiro atoms. The van der Waals surface area contributed by atoms with Gasteiger partial charge in [0.25, 0.3) is 0 Å². The molecule has 1 aliphatic rings. The molecular formula is C25H38N6O3SSi. The lowest BCUT2D eigenvalue weighted by molar-refractivity contribution is 0.0899. The number of piperidine rings is 1. The summed E-state index contributed by atoms with van der Waals surface area (Å²) in [7, 11) is -4.37. The van der Waals surface area contributed by atoms with Crippen LogP contribution in [0.3, 0.4) is 0 Å². The first kappa shape index (κ1) is 26.7. The van der Waals surface area contributed by atoms with Crippen LogP contribution >= 0.6 is 0 Å². The first-order valence-electron chi connectivity index (χ1n) is 12.8. The van der Waals surface area contributed by atoms with Crippen LogP contribution in [0.4, 0.5) is 5.82 Å². The Labute approximate surface area is 215 Å². The molecule has 0 saturated carbocycles. The fourth-order valence-corrected chi connectivity index (χ4v) is 6.69. The lowest BCUT2D eigenvalue weighted by Crippen LogP contribution is -2.46. The average Bonchev–Trinajstić information content (AvgIpc) is 3.24. The number of hydrogen-bond acceptors (Lipinski definition) is 7. The number of aromatic nitrogens is 4. The molecule has 1 N–H and O–H groups in total. The second kappa shape index (κ2) is 11.4. The summed E-state index contributed by atoms with van der Waals surface area (Å²) in [6.45, 7) is 11.1. The molecule has 4 heterocycles. The Hall–Kier alpha value is -2.34. The van der Waals surface area contributed by atoms with E-state index in [4.69, 9.17) is 9.72 Å². The van der Waals surface area contributed by atoms with Gasteiger partial charge in [0.2, 0.25) is 10.0 Å². The minimum absolute atomic E-state index is 0.0145. The Morgan fingerprint density at radius 1 is 1.22 bits per heavy atom. The quantitative estimate of drug-likeness (QED) is 0.289. The van der Waals surface area contributed by atoms with Gasteiger partial charge >= 0.3 is 0 Å². The van der Waals surface area contributed by atoms with E-state index in [0.717, 1.165) is 42.2 Å². The molecule has 3 aromatic heterocycles. The highest BCUT2D eigenvalue weighted by molar-refractivity contribution is 7.89. The Morgan fingerprint density at radius 2 is 2.06 bits per heavy atom. The Morgan fingerprint density at radius 3 is 2.83 bits per heavy atom. The average molecular weight is 531 g/mol. The van der Waals surface area contributed by atoms with E-state index < -0.39 is 18.1 Å². The smallest absolute Gasteiger partial charge is 0.214 e. The normalized spacial score (nSPS) is 17.5. The minimum Gasteiger partial charge on any atom is -0.365 e. The zero-order valence-electron chi connectivity index (χ0n) is 21.8. The highest BCUT2D eigenvalue weighted by Crippen LogP contribution is 2.28. The SMILES string of the molecule is CCCS(=O)(=O)N1CCC[C@H](Nc2ncccc2-c2cnc3ccn(COCC[Si](C)(C)C)c3n2)C1. The zero-order valence-corrected chi connectivity index (χ0v) is 23.6. The molecule has 1 aliphatic heterocycles. The first-order chi connectivity index (χ1) is 17.2. The van der Waals surface area contributed by atoms with E-state index in [1.165, 1.54) is 0 Å². The standard InChI is InChI=1S/C25H38N6O3SSi/c1-5-15-35(32,33)31-12-7-8-20(18-31)28-24-21(9-6-11-26-24)23-17-27-22-10-13-30(25(22)29-23)19-34-14-16-36(2,3)4/h6,9-11,13,17,20H,5,7-8,12,14-16,18-19H2,1-4H3,(H,26,28)/t20-/m0/s1. The summed E-state index contributed by atoms with van der Waals surface area (Å²) in [6, 6.07) is 6.90. The van der Waals surface area contributed by atoms with Crippen molar-refractivity contribution >= 4 is 35.1 Å². The number of hydrogen-bond donors (Lipinski definition) is 1. The number of sulfonamides is 1. The summed E-state index contributed by atoms with van der Waals surface area (Å²) >= 11 is 0. The van der Waals surface area contributed by atoms with Crippen molar-refractivity contribution in [2.45, 2.75) is 64.6 Å². The van der Waals surface area contributed by atoms with Gasteiger partial charge in [-0.2, -0.15) is 4.31 Å². The summed E-state index contributed by atoms with van der Waals surface area (Å²) < 4.78 is 34.7. The number of nitrogens with zero attached hydrogens (tertiary/aromatic N) is 5. The topological polar surface area (TPSA) is 102 Å². The van der Waals surface area contributed by atoms with Crippen molar-refractivity contribution in [1.82, 2.24) is 23.8 Å². The van der Waals surface area contributed by atoms with E-state index in [1.807, 2.05) is 35.9 Å². The van der Waals surface area contributed by atoms with Crippen LogP contribution in [0, 0.1) is 0 Å². The molecule has 1 atom stereocenters. The lowest BCUT2D eigenvalue weighted by atomic mass is 10.1. The summed E-state index contributed by atoms with van der Waals surface area (Å²) in [5.41, 5.74) is 3.14. The molecule has 0 bridgehead atoms. The molecule has 3 aromatic rings. The van der Waals surface area contributed by atoms with Crippen LogP contribution in [0.25, 0.3) is 22.4 Å². The molecule has 1 saturated heterocycles. The molecule has 0 amide bonds. The molecule has 196 valence electrons. The van der Waals surface area contributed by atoms with E-state index in [9.17, 15) is 8.42 Å². The number of rotatable bonds is 11. The molecule has 4 rings (SSSR count). The number of nitrogens with one attached hydrogen (secondary N) is 1. The third-order valence-corrected chi connectivity index (χ3v) is 10.1. The van der Waals surface area contributed by atoms with Gasteiger partial charge in [-0.05, 0) is 43.5 Å². The third-order valence-electron chi connectivity index (χ3n) is 6.36. The summed E-state index contributed by atoms with van der Waals surface area (Å²) in [5, 5.41) is 3.49. The summed E-state index contributed by atoms with van der Waals surface area (Å²) in [6.07, 6.45) is 7.78. The van der Waals surface area contributed by atoms with Gasteiger partial charge in [0.05, 0.1) is 17.6 Å². The van der Waals surface area contributed by atoms with Gasteiger partial charge in [-0.3, -0.25) is 4.98 Å². The van der Waals surface area contributed by atoms with Crippen LogP contribution in [0.2, 0.25) is 25.7 Å². The van der Waals surface area contributed by atoms with Gasteiger partial charge in [0, 0.05) is 51.8 Å². The predicted octanol–water partition coefficient (Wildman–Crippen LogP) is 4.42. The molecule has 0 aromatic carbocycles. The molecule has 9 nitrogen and oxygen atoms in total. The second-order valence-electron chi connectivity index (χ2n) is 10.7. The number of ether oxygens (including phenoxy) is 1. The van der Waals surface area contributed by atoms with Crippen LogP contribution in [0.15, 0.2) is 36.8 Å². The summed E-state index contributed by atoms with van der Waals surface area (Å²) in [5.74, 6) is 0.876. The van der Waals surface area contributed by atoms with Gasteiger partial charge < -0.3 is 14.6 Å². The van der Waals surface area contributed by atoms with E-state index >= 15 is 0 Å². The number of pyridine rings is 1. The Kier molecular flexibility index (Phi) is 8.43. The molecule has 1 fully saturated rings. The van der Waals surface area contributed by atoms with Gasteiger partial charge in [0.1, 0.15) is 18.1 Å². The fourth-order valence-electron chi connectivity index (χ4n) is 4.34. The third kappa shape index (κ3) is 6.70. The predicted molar refractivity (Wildman–Crippen MR) is 147 cm³/mol. The van der Waals surface area contributed by atoms with Gasteiger partial charge in [0.15, 0.2) is 5.65 Å². The molecule has 36 heavy (non-hydrogen) atoms. The second-order valence-corrected chi connectivity index (χ2v) is 18.4. The van der Waals surface area contributed by atoms with Crippen molar-refractivity contribution in [2.75, 3.05) is 30.8 Å². The van der Waals surface area contributed by atoms with E-state index in [0.29, 0.717) is 37.8 Å². The van der Waals surface area contributed by atoms with Crippen molar-refractivity contribution in [3.05, 3.63) is 36.8 Å². The molecule has 0 unspecified atom stereocenters. The Bertz CT molecular complexity index is 1270. The molecule has 0 aliphatic carbocycles. The highest BCUT2D eigenvalue weighted by atomic mass is 32.2. The number of anilines is 1. The first-order valence-corrected chi connectivity index (χ1v) is 18.1. The van der Waals surface area contributed by atoms with Crippen LogP contribution in [-0.4, -0.2) is 71.8 Å². The van der Waals surface area contributed by atoms with Crippen LogP contribution < -0.4 is 5.32 Å². The van der Waals surface area contributed by atoms with Gasteiger partial charge in [-0.25, -0.2) is 18.4 Å². The maximum Gasteiger partial charge on any atom is 0.214 e. The van der Waals surface area contributed by atoms with Gasteiger partial charge in [-0.15, -0.1) is 0 Å². The van der Waals surface area contributed by atoms with Crippen LogP contribution in [0.1, 0.15) is 26.2 Å². The van der Waals surface area contributed by atoms with Crippen molar-refractivity contribution < 1.29 is 13.2 Å². The molecule has 0 radical (unpaired) electrons. The number of fused-ring (bicyclic) bond motifs is 1. The van der Waals surface area contributed by atoms with Crippen molar-refractivity contribution in [3.63, 3.8) is 0 Å². The van der Waals surface area contributed by atoms with Crippen molar-refractivity contribution in [1.29, 1.82) is 0 Å². The minimum atomic E-state index is -3.22. The monoisotopic (exact) mass is 530 g/mol. The zero-order chi connectivity index (χ0) is 25.8. The fraction of sp³-hybridized carbons (Fsp3) is 0.560. The van der Waals surface area contributed by atoms with Crippen molar-refractivity contribution in [3.8, 4) is 11.3 Å². The summed E-state index contributed by atoms with van der Waals surface area (Å²) in [4.78, 5) is 14.1. The van der Waals surface area contributed by atoms with E-state index in [1.54, 1.807) is 16.7 Å². The molecule has 11 heteroatoms.